The van der Waals surface area contributed by atoms with E-state index in [1.807, 2.05) is 5.43 Å². The molecule has 172 valence electrons. The van der Waals surface area contributed by atoms with E-state index in [2.05, 4.69) is 10.4 Å². The Morgan fingerprint density at radius 3 is 1.64 bits per heavy atom. The average Bonchev–Trinajstić information content (AvgIpc) is 2.76. The van der Waals surface area contributed by atoms with Gasteiger partial charge in [0.1, 0.15) is 5.82 Å². The topological polar surface area (TPSA) is 122 Å². The second-order valence-corrected chi connectivity index (χ2v) is 11.0. The molecule has 0 aliphatic heterocycles. The third-order valence-electron chi connectivity index (χ3n) is 4.28. The van der Waals surface area contributed by atoms with Crippen molar-refractivity contribution in [2.45, 2.75) is 11.5 Å². The number of anilines is 1. The van der Waals surface area contributed by atoms with E-state index in [4.69, 9.17) is 0 Å². The lowest BCUT2D eigenvalue weighted by Crippen LogP contribution is -2.32. The van der Waals surface area contributed by atoms with Gasteiger partial charge in [-0.1, -0.05) is 60.7 Å². The number of amides is 2. The summed E-state index contributed by atoms with van der Waals surface area (Å²) in [5.74, 6) is -1.76. The Hall–Kier alpha value is -3.57. The second kappa shape index (κ2) is 10.4. The first-order valence-corrected chi connectivity index (χ1v) is 12.9. The first-order valence-electron chi connectivity index (χ1n) is 9.59. The molecule has 0 saturated carbocycles. The normalized spacial score (nSPS) is 11.4. The minimum Gasteiger partial charge on any atom is -0.307 e. The van der Waals surface area contributed by atoms with Gasteiger partial charge in [0.15, 0.2) is 0 Å². The van der Waals surface area contributed by atoms with E-state index >= 15 is 0 Å². The van der Waals surface area contributed by atoms with Gasteiger partial charge in [-0.15, -0.1) is 5.10 Å². The summed E-state index contributed by atoms with van der Waals surface area (Å²) in [5.41, 5.74) is 2.83. The molecule has 0 radical (unpaired) electrons. The number of carbonyl (C=O) groups excluding carboxylic acids is 1. The highest BCUT2D eigenvalue weighted by atomic mass is 32.3. The van der Waals surface area contributed by atoms with Gasteiger partial charge in [-0.2, -0.15) is 0 Å². The molecule has 0 aromatic heterocycles. The molecule has 0 spiro atoms. The fraction of sp³-hybridized carbons (Fsp3) is 0.0909. The monoisotopic (exact) mass is 489 g/mol. The fourth-order valence-electron chi connectivity index (χ4n) is 2.83. The molecule has 0 aliphatic carbocycles. The number of benzene rings is 3. The quantitative estimate of drug-likeness (QED) is 0.312. The first kappa shape index (κ1) is 24.1. The molecular formula is C22H20FN3O5S2. The Kier molecular flexibility index (Phi) is 7.56. The van der Waals surface area contributed by atoms with E-state index in [9.17, 15) is 26.0 Å². The van der Waals surface area contributed by atoms with Crippen LogP contribution in [0.1, 0.15) is 11.1 Å². The molecule has 0 unspecified atom stereocenters. The number of nitrogens with zero attached hydrogens (tertiary/aromatic N) is 1. The van der Waals surface area contributed by atoms with Crippen molar-refractivity contribution in [3.63, 3.8) is 0 Å². The number of hydrazone groups is 1. The smallest absolute Gasteiger partial charge is 0.307 e. The Balaban J connectivity index is 1.90. The van der Waals surface area contributed by atoms with Crippen LogP contribution in [0.3, 0.4) is 0 Å². The Bertz CT molecular complexity index is 1270. The van der Waals surface area contributed by atoms with Gasteiger partial charge >= 0.3 is 6.03 Å². The Morgan fingerprint density at radius 2 is 1.18 bits per heavy atom. The average molecular weight is 490 g/mol. The third-order valence-corrected chi connectivity index (χ3v) is 8.48. The van der Waals surface area contributed by atoms with Crippen LogP contribution in [0.5, 0.6) is 0 Å². The van der Waals surface area contributed by atoms with Gasteiger partial charge in [-0.25, -0.2) is 31.4 Å². The summed E-state index contributed by atoms with van der Waals surface area (Å²) in [6.07, 6.45) is 0. The van der Waals surface area contributed by atoms with Crippen LogP contribution < -0.4 is 10.7 Å². The van der Waals surface area contributed by atoms with Crippen LogP contribution in [0.15, 0.2) is 90.0 Å². The maximum Gasteiger partial charge on any atom is 0.339 e. The minimum absolute atomic E-state index is 0.199. The highest BCUT2D eigenvalue weighted by molar-refractivity contribution is 8.30. The molecule has 3 aromatic rings. The Labute approximate surface area is 191 Å². The zero-order chi connectivity index (χ0) is 23.9. The van der Waals surface area contributed by atoms with Gasteiger partial charge in [0.05, 0.1) is 11.5 Å². The van der Waals surface area contributed by atoms with Crippen molar-refractivity contribution in [1.82, 2.24) is 5.43 Å². The van der Waals surface area contributed by atoms with Gasteiger partial charge in [-0.3, -0.25) is 0 Å². The molecule has 0 bridgehead atoms. The molecule has 0 heterocycles. The van der Waals surface area contributed by atoms with Crippen molar-refractivity contribution < 1.29 is 26.0 Å². The zero-order valence-corrected chi connectivity index (χ0v) is 18.8. The van der Waals surface area contributed by atoms with Gasteiger partial charge in [-0.05, 0) is 35.4 Å². The summed E-state index contributed by atoms with van der Waals surface area (Å²) >= 11 is 0. The predicted molar refractivity (Wildman–Crippen MR) is 124 cm³/mol. The molecule has 0 fully saturated rings. The van der Waals surface area contributed by atoms with Gasteiger partial charge in [0.2, 0.25) is 19.7 Å². The van der Waals surface area contributed by atoms with Crippen molar-refractivity contribution in [2.75, 3.05) is 5.32 Å². The standard InChI is InChI=1S/C22H20FN3O5S2/c23-19-11-13-20(14-12-19)24-21(27)25-26-22(32(28,29)15-17-7-3-1-4-8-17)33(30,31)16-18-9-5-2-6-10-18/h1-14H,15-16H2,(H2,24,25,27). The summed E-state index contributed by atoms with van der Waals surface area (Å²) in [5, 5.41) is 5.79. The molecule has 2 N–H and O–H groups in total. The van der Waals surface area contributed by atoms with Crippen LogP contribution in [0.4, 0.5) is 14.9 Å². The van der Waals surface area contributed by atoms with Crippen molar-refractivity contribution in [3.05, 3.63) is 102 Å². The lowest BCUT2D eigenvalue weighted by atomic mass is 10.2. The molecule has 0 saturated heterocycles. The van der Waals surface area contributed by atoms with Crippen LogP contribution in [0, 0.1) is 5.82 Å². The first-order chi connectivity index (χ1) is 15.7. The second-order valence-electron chi connectivity index (χ2n) is 6.94. The van der Waals surface area contributed by atoms with Crippen molar-refractivity contribution in [1.29, 1.82) is 0 Å². The van der Waals surface area contributed by atoms with E-state index in [0.717, 1.165) is 12.1 Å². The van der Waals surface area contributed by atoms with Crippen molar-refractivity contribution in [3.8, 4) is 0 Å². The summed E-state index contributed by atoms with van der Waals surface area (Å²) in [4.78, 5) is 12.2. The molecule has 3 aromatic carbocycles. The van der Waals surface area contributed by atoms with Crippen LogP contribution in [-0.2, 0) is 31.2 Å². The lowest BCUT2D eigenvalue weighted by molar-refractivity contribution is 0.252. The molecule has 3 rings (SSSR count). The predicted octanol–water partition coefficient (Wildman–Crippen LogP) is 3.45. The van der Waals surface area contributed by atoms with Gasteiger partial charge < -0.3 is 5.32 Å². The molecule has 8 nitrogen and oxygen atoms in total. The highest BCUT2D eigenvalue weighted by Crippen LogP contribution is 2.16. The van der Waals surface area contributed by atoms with E-state index < -0.39 is 47.4 Å². The molecular weight excluding hydrogens is 469 g/mol. The van der Waals surface area contributed by atoms with Crippen LogP contribution in [0.25, 0.3) is 0 Å². The summed E-state index contributed by atoms with van der Waals surface area (Å²) < 4.78 is 63.9. The Morgan fingerprint density at radius 1 is 0.727 bits per heavy atom. The number of hydrogen-bond acceptors (Lipinski definition) is 6. The SMILES string of the molecule is O=C(NN=C(S(=O)(=O)Cc1ccccc1)S(=O)(=O)Cc1ccccc1)Nc1ccc(F)cc1. The summed E-state index contributed by atoms with van der Waals surface area (Å²) in [7, 11) is -8.91. The number of rotatable bonds is 6. The summed E-state index contributed by atoms with van der Waals surface area (Å²) in [6.45, 7) is 0. The number of hydrogen-bond donors (Lipinski definition) is 2. The van der Waals surface area contributed by atoms with E-state index in [1.54, 1.807) is 36.4 Å². The fourth-order valence-corrected chi connectivity index (χ4v) is 6.61. The number of urea groups is 1. The molecule has 11 heteroatoms. The third kappa shape index (κ3) is 6.96. The van der Waals surface area contributed by atoms with Crippen LogP contribution >= 0.6 is 0 Å². The molecule has 0 atom stereocenters. The van der Waals surface area contributed by atoms with Crippen LogP contribution in [-0.4, -0.2) is 27.2 Å². The van der Waals surface area contributed by atoms with E-state index in [0.29, 0.717) is 11.1 Å². The van der Waals surface area contributed by atoms with Crippen LogP contribution in [0.2, 0.25) is 0 Å². The lowest BCUT2D eigenvalue weighted by Gasteiger charge is -2.11. The zero-order valence-electron chi connectivity index (χ0n) is 17.2. The van der Waals surface area contributed by atoms with Gasteiger partial charge in [0, 0.05) is 5.69 Å². The van der Waals surface area contributed by atoms with Crippen molar-refractivity contribution >= 4 is 35.8 Å². The molecule has 33 heavy (non-hydrogen) atoms. The van der Waals surface area contributed by atoms with E-state index in [1.165, 1.54) is 36.4 Å². The minimum atomic E-state index is -4.46. The van der Waals surface area contributed by atoms with E-state index in [-0.39, 0.29) is 5.69 Å². The largest absolute Gasteiger partial charge is 0.339 e. The summed E-state index contributed by atoms with van der Waals surface area (Å²) in [6, 6.07) is 19.8. The molecule has 2 amide bonds. The maximum atomic E-state index is 13.0. The number of halogens is 1. The number of sulfone groups is 2. The highest BCUT2D eigenvalue weighted by Gasteiger charge is 2.33. The van der Waals surface area contributed by atoms with Crippen molar-refractivity contribution in [2.24, 2.45) is 5.10 Å². The number of carbonyl (C=O) groups is 1. The number of nitrogens with one attached hydrogen (secondary N) is 2. The maximum absolute atomic E-state index is 13.0. The molecule has 0 aliphatic rings. The van der Waals surface area contributed by atoms with Gasteiger partial charge in [0.25, 0.3) is 4.38 Å².